The van der Waals surface area contributed by atoms with E-state index in [1.54, 1.807) is 4.90 Å². The maximum Gasteiger partial charge on any atom is 0.412 e. The fourth-order valence-electron chi connectivity index (χ4n) is 3.32. The lowest BCUT2D eigenvalue weighted by atomic mass is 10.1. The zero-order valence-electron chi connectivity index (χ0n) is 18.8. The minimum absolute atomic E-state index is 0.0594. The third kappa shape index (κ3) is 7.06. The monoisotopic (exact) mass is 411 g/mol. The number of nitrogens with one attached hydrogen (secondary N) is 3. The van der Waals surface area contributed by atoms with Crippen LogP contribution in [-0.4, -0.2) is 72.0 Å². The van der Waals surface area contributed by atoms with E-state index in [9.17, 15) is 9.59 Å². The fraction of sp³-hybridized carbons (Fsp3) is 0.850. The average Bonchev–Trinajstić information content (AvgIpc) is 3.33. The van der Waals surface area contributed by atoms with Crippen LogP contribution in [-0.2, 0) is 14.3 Å². The number of amides is 2. The van der Waals surface area contributed by atoms with Gasteiger partial charge in [0.15, 0.2) is 5.96 Å². The summed E-state index contributed by atoms with van der Waals surface area (Å²) in [7, 11) is 0. The van der Waals surface area contributed by atoms with Crippen LogP contribution in [0.4, 0.5) is 4.79 Å². The first-order valence-electron chi connectivity index (χ1n) is 10.4. The van der Waals surface area contributed by atoms with Gasteiger partial charge in [0, 0.05) is 19.1 Å². The molecule has 2 aliphatic rings. The van der Waals surface area contributed by atoms with Crippen molar-refractivity contribution in [3.8, 4) is 0 Å². The van der Waals surface area contributed by atoms with Crippen molar-refractivity contribution < 1.29 is 19.1 Å². The van der Waals surface area contributed by atoms with Crippen LogP contribution in [0.25, 0.3) is 0 Å². The highest BCUT2D eigenvalue weighted by molar-refractivity contribution is 5.85. The molecule has 0 bridgehead atoms. The lowest BCUT2D eigenvalue weighted by Gasteiger charge is -2.35. The smallest absolute Gasteiger partial charge is 0.412 e. The van der Waals surface area contributed by atoms with Crippen molar-refractivity contribution in [3.05, 3.63) is 0 Å². The van der Waals surface area contributed by atoms with E-state index in [4.69, 9.17) is 9.47 Å². The van der Waals surface area contributed by atoms with Crippen LogP contribution in [0.3, 0.4) is 0 Å². The minimum Gasteiger partial charge on any atom is -0.444 e. The lowest BCUT2D eigenvalue weighted by molar-refractivity contribution is -0.119. The molecule has 2 atom stereocenters. The second-order valence-electron chi connectivity index (χ2n) is 9.11. The van der Waals surface area contributed by atoms with E-state index in [-0.39, 0.29) is 24.6 Å². The molecule has 9 heteroatoms. The molecule has 0 spiro atoms. The molecule has 2 fully saturated rings. The molecule has 166 valence electrons. The van der Waals surface area contributed by atoms with Crippen LogP contribution in [0.2, 0.25) is 0 Å². The van der Waals surface area contributed by atoms with E-state index >= 15 is 0 Å². The van der Waals surface area contributed by atoms with Crippen molar-refractivity contribution in [3.63, 3.8) is 0 Å². The van der Waals surface area contributed by atoms with E-state index in [1.807, 2.05) is 48.5 Å². The Kier molecular flexibility index (Phi) is 7.37. The van der Waals surface area contributed by atoms with Crippen molar-refractivity contribution in [2.75, 3.05) is 19.6 Å². The van der Waals surface area contributed by atoms with Gasteiger partial charge in [-0.1, -0.05) is 0 Å². The molecule has 9 nitrogen and oxygen atoms in total. The van der Waals surface area contributed by atoms with Crippen LogP contribution in [0.5, 0.6) is 0 Å². The Bertz CT molecular complexity index is 625. The molecule has 1 heterocycles. The van der Waals surface area contributed by atoms with E-state index < -0.39 is 17.4 Å². The van der Waals surface area contributed by atoms with Gasteiger partial charge in [-0.05, 0) is 61.3 Å². The zero-order valence-corrected chi connectivity index (χ0v) is 18.8. The summed E-state index contributed by atoms with van der Waals surface area (Å²) in [6.45, 7) is 14.3. The Morgan fingerprint density at radius 3 is 2.45 bits per heavy atom. The SMILES string of the molecule is CCNC(=NCC(=O)NC1CC1)NCC1C(C)OC(C)(C)N1C(=O)OC(C)(C)C. The third-order valence-corrected chi connectivity index (χ3v) is 4.66. The quantitative estimate of drug-likeness (QED) is 0.453. The number of guanidine groups is 1. The molecule has 0 aromatic rings. The van der Waals surface area contributed by atoms with Crippen LogP contribution in [0.15, 0.2) is 4.99 Å². The Hall–Kier alpha value is -2.03. The third-order valence-electron chi connectivity index (χ3n) is 4.66. The second-order valence-corrected chi connectivity index (χ2v) is 9.11. The minimum atomic E-state index is -0.784. The summed E-state index contributed by atoms with van der Waals surface area (Å²) in [4.78, 5) is 30.7. The molecule has 0 aromatic heterocycles. The lowest BCUT2D eigenvalue weighted by Crippen LogP contribution is -2.54. The van der Waals surface area contributed by atoms with Crippen molar-refractivity contribution >= 4 is 18.0 Å². The van der Waals surface area contributed by atoms with E-state index in [0.29, 0.717) is 25.1 Å². The molecule has 2 rings (SSSR count). The highest BCUT2D eigenvalue weighted by Gasteiger charge is 2.49. The van der Waals surface area contributed by atoms with Gasteiger partial charge in [0.2, 0.25) is 5.91 Å². The van der Waals surface area contributed by atoms with Crippen molar-refractivity contribution in [1.29, 1.82) is 0 Å². The van der Waals surface area contributed by atoms with Crippen molar-refractivity contribution in [2.45, 2.75) is 90.8 Å². The Labute approximate surface area is 174 Å². The van der Waals surface area contributed by atoms with Crippen LogP contribution < -0.4 is 16.0 Å². The molecule has 2 unspecified atom stereocenters. The maximum absolute atomic E-state index is 12.8. The van der Waals surface area contributed by atoms with E-state index in [0.717, 1.165) is 12.8 Å². The summed E-state index contributed by atoms with van der Waals surface area (Å²) >= 11 is 0. The van der Waals surface area contributed by atoms with E-state index in [2.05, 4.69) is 20.9 Å². The highest BCUT2D eigenvalue weighted by Crippen LogP contribution is 2.33. The molecule has 0 aromatic carbocycles. The topological polar surface area (TPSA) is 104 Å². The first kappa shape index (κ1) is 23.3. The van der Waals surface area contributed by atoms with Gasteiger partial charge in [0.1, 0.15) is 17.9 Å². The number of nitrogens with zero attached hydrogens (tertiary/aromatic N) is 2. The number of aliphatic imine (C=N–C) groups is 1. The van der Waals surface area contributed by atoms with Crippen LogP contribution in [0.1, 0.15) is 61.3 Å². The largest absolute Gasteiger partial charge is 0.444 e. The molecule has 29 heavy (non-hydrogen) atoms. The summed E-state index contributed by atoms with van der Waals surface area (Å²) in [5, 5.41) is 9.28. The number of hydrogen-bond acceptors (Lipinski definition) is 5. The summed E-state index contributed by atoms with van der Waals surface area (Å²) in [6, 6.07) is 0.0679. The van der Waals surface area contributed by atoms with Gasteiger partial charge < -0.3 is 25.4 Å². The summed E-state index contributed by atoms with van der Waals surface area (Å²) in [6.07, 6.45) is 1.49. The van der Waals surface area contributed by atoms with Gasteiger partial charge in [0.05, 0.1) is 12.1 Å². The molecular formula is C20H37N5O4. The predicted molar refractivity (Wildman–Crippen MR) is 112 cm³/mol. The normalized spacial score (nSPS) is 24.2. The number of hydrogen-bond donors (Lipinski definition) is 3. The number of carbonyl (C=O) groups is 2. The van der Waals surface area contributed by atoms with Crippen LogP contribution >= 0.6 is 0 Å². The standard InChI is InChI=1S/C20H37N5O4/c1-8-21-17(23-12-16(26)24-14-9-10-14)22-11-15-13(2)28-20(6,7)25(15)18(27)29-19(3,4)5/h13-15H,8-12H2,1-7H3,(H,24,26)(H2,21,22,23). The molecular weight excluding hydrogens is 374 g/mol. The predicted octanol–water partition coefficient (Wildman–Crippen LogP) is 1.58. The van der Waals surface area contributed by atoms with Crippen molar-refractivity contribution in [1.82, 2.24) is 20.9 Å². The molecule has 2 amide bonds. The molecule has 0 radical (unpaired) electrons. The Balaban J connectivity index is 2.02. The van der Waals surface area contributed by atoms with Gasteiger partial charge in [-0.2, -0.15) is 0 Å². The zero-order chi connectivity index (χ0) is 21.8. The number of carbonyl (C=O) groups excluding carboxylic acids is 2. The summed E-state index contributed by atoms with van der Waals surface area (Å²) < 4.78 is 11.6. The highest BCUT2D eigenvalue weighted by atomic mass is 16.6. The number of rotatable bonds is 6. The molecule has 1 aliphatic carbocycles. The summed E-state index contributed by atoms with van der Waals surface area (Å²) in [5.41, 5.74) is -1.38. The van der Waals surface area contributed by atoms with Gasteiger partial charge in [-0.15, -0.1) is 0 Å². The maximum atomic E-state index is 12.8. The molecule has 1 aliphatic heterocycles. The molecule has 1 saturated carbocycles. The Morgan fingerprint density at radius 1 is 1.24 bits per heavy atom. The summed E-state index contributed by atoms with van der Waals surface area (Å²) in [5.74, 6) is 0.443. The Morgan fingerprint density at radius 2 is 1.90 bits per heavy atom. The average molecular weight is 412 g/mol. The second kappa shape index (κ2) is 9.19. The van der Waals surface area contributed by atoms with Gasteiger partial charge in [-0.25, -0.2) is 9.79 Å². The van der Waals surface area contributed by atoms with E-state index in [1.165, 1.54) is 0 Å². The first-order chi connectivity index (χ1) is 13.4. The first-order valence-corrected chi connectivity index (χ1v) is 10.4. The molecule has 1 saturated heterocycles. The van der Waals surface area contributed by atoms with Gasteiger partial charge in [0.25, 0.3) is 0 Å². The fourth-order valence-corrected chi connectivity index (χ4v) is 3.32. The molecule has 3 N–H and O–H groups in total. The van der Waals surface area contributed by atoms with Gasteiger partial charge in [-0.3, -0.25) is 9.69 Å². The van der Waals surface area contributed by atoms with Crippen molar-refractivity contribution in [2.24, 2.45) is 4.99 Å². The van der Waals surface area contributed by atoms with Crippen LogP contribution in [0, 0.1) is 0 Å². The number of ether oxygens (including phenoxy) is 2. The van der Waals surface area contributed by atoms with Gasteiger partial charge >= 0.3 is 6.09 Å².